The second-order valence-corrected chi connectivity index (χ2v) is 6.46. The molecule has 0 radical (unpaired) electrons. The van der Waals surface area contributed by atoms with E-state index in [1.807, 2.05) is 12.1 Å². The molecule has 1 aromatic carbocycles. The maximum absolute atomic E-state index is 12.0. The molecular weight excluding hydrogens is 282 g/mol. The fraction of sp³-hybridized carbons (Fsp3) is 0.611. The van der Waals surface area contributed by atoms with Crippen molar-refractivity contribution < 1.29 is 4.79 Å². The van der Waals surface area contributed by atoms with E-state index in [1.54, 1.807) is 0 Å². The minimum absolute atomic E-state index is 0.148. The topological polar surface area (TPSA) is 29.1 Å². The molecule has 0 aromatic heterocycles. The number of halogens is 1. The Kier molecular flexibility index (Phi) is 7.08. The first-order valence-corrected chi connectivity index (χ1v) is 8.76. The lowest BCUT2D eigenvalue weighted by atomic mass is 9.86. The first-order chi connectivity index (χ1) is 10.3. The third kappa shape index (κ3) is 6.09. The monoisotopic (exact) mass is 307 g/mol. The molecule has 1 fully saturated rings. The average molecular weight is 308 g/mol. The van der Waals surface area contributed by atoms with Crippen molar-refractivity contribution in [1.82, 2.24) is 0 Å². The molecule has 116 valence electrons. The molecule has 0 spiro atoms. The molecule has 2 nitrogen and oxygen atoms in total. The molecule has 3 heteroatoms. The zero-order valence-electron chi connectivity index (χ0n) is 12.7. The second kappa shape index (κ2) is 9.09. The Hall–Kier alpha value is -1.02. The predicted octanol–water partition coefficient (Wildman–Crippen LogP) is 5.16. The molecule has 2 rings (SSSR count). The van der Waals surface area contributed by atoms with Crippen LogP contribution in [0.15, 0.2) is 24.3 Å². The largest absolute Gasteiger partial charge is 0.326 e. The van der Waals surface area contributed by atoms with Gasteiger partial charge in [0.25, 0.3) is 0 Å². The molecule has 0 saturated heterocycles. The third-order valence-electron chi connectivity index (χ3n) is 4.31. The summed E-state index contributed by atoms with van der Waals surface area (Å²) in [6.45, 7) is 0. The standard InChI is InChI=1S/C18H26ClNO/c19-13-5-9-16-8-4-10-17(14-16)20-18(21)12-11-15-6-2-1-3-7-15/h4,8,10,14-15H,1-3,5-7,9,11-13H2,(H,20,21). The van der Waals surface area contributed by atoms with E-state index >= 15 is 0 Å². The van der Waals surface area contributed by atoms with Gasteiger partial charge in [-0.3, -0.25) is 4.79 Å². The van der Waals surface area contributed by atoms with Crippen molar-refractivity contribution in [2.45, 2.75) is 57.8 Å². The van der Waals surface area contributed by atoms with Crippen molar-refractivity contribution in [2.75, 3.05) is 11.2 Å². The van der Waals surface area contributed by atoms with Gasteiger partial charge < -0.3 is 5.32 Å². The number of amides is 1. The molecule has 1 N–H and O–H groups in total. The van der Waals surface area contributed by atoms with Gasteiger partial charge in [0.2, 0.25) is 5.91 Å². The molecule has 1 aromatic rings. The lowest BCUT2D eigenvalue weighted by Crippen LogP contribution is -2.14. The van der Waals surface area contributed by atoms with E-state index in [1.165, 1.54) is 37.7 Å². The van der Waals surface area contributed by atoms with Gasteiger partial charge in [-0.05, 0) is 42.9 Å². The Balaban J connectivity index is 1.76. The number of carbonyl (C=O) groups excluding carboxylic acids is 1. The highest BCUT2D eigenvalue weighted by molar-refractivity contribution is 6.17. The highest BCUT2D eigenvalue weighted by Crippen LogP contribution is 2.27. The van der Waals surface area contributed by atoms with E-state index in [0.717, 1.165) is 30.9 Å². The molecule has 1 saturated carbocycles. The number of carbonyl (C=O) groups is 1. The van der Waals surface area contributed by atoms with Crippen LogP contribution in [0.5, 0.6) is 0 Å². The molecule has 0 atom stereocenters. The fourth-order valence-electron chi connectivity index (χ4n) is 3.11. The summed E-state index contributed by atoms with van der Waals surface area (Å²) in [6.07, 6.45) is 10.3. The lowest BCUT2D eigenvalue weighted by molar-refractivity contribution is -0.116. The Labute approximate surface area is 133 Å². The van der Waals surface area contributed by atoms with Crippen molar-refractivity contribution in [2.24, 2.45) is 5.92 Å². The Morgan fingerprint density at radius 3 is 2.81 bits per heavy atom. The van der Waals surface area contributed by atoms with Gasteiger partial charge in [-0.15, -0.1) is 11.6 Å². The van der Waals surface area contributed by atoms with Crippen molar-refractivity contribution in [3.63, 3.8) is 0 Å². The van der Waals surface area contributed by atoms with E-state index in [-0.39, 0.29) is 5.91 Å². The van der Waals surface area contributed by atoms with Crippen molar-refractivity contribution in [3.05, 3.63) is 29.8 Å². The van der Waals surface area contributed by atoms with E-state index < -0.39 is 0 Å². The number of hydrogen-bond acceptors (Lipinski definition) is 1. The molecule has 0 aliphatic heterocycles. The van der Waals surface area contributed by atoms with Crippen LogP contribution in [0.1, 0.15) is 56.9 Å². The number of hydrogen-bond donors (Lipinski definition) is 1. The van der Waals surface area contributed by atoms with Gasteiger partial charge in [-0.2, -0.15) is 0 Å². The first kappa shape index (κ1) is 16.4. The number of nitrogens with one attached hydrogen (secondary N) is 1. The molecule has 1 amide bonds. The summed E-state index contributed by atoms with van der Waals surface area (Å²) in [5, 5.41) is 3.03. The van der Waals surface area contributed by atoms with Crippen LogP contribution in [0.2, 0.25) is 0 Å². The Morgan fingerprint density at radius 1 is 1.24 bits per heavy atom. The molecule has 0 unspecified atom stereocenters. The van der Waals surface area contributed by atoms with Gasteiger partial charge in [0.15, 0.2) is 0 Å². The van der Waals surface area contributed by atoms with Crippen molar-refractivity contribution in [3.8, 4) is 0 Å². The van der Waals surface area contributed by atoms with E-state index in [9.17, 15) is 4.79 Å². The van der Waals surface area contributed by atoms with Crippen LogP contribution in [0.25, 0.3) is 0 Å². The van der Waals surface area contributed by atoms with E-state index in [2.05, 4.69) is 17.4 Å². The normalized spacial score (nSPS) is 15.9. The summed E-state index contributed by atoms with van der Waals surface area (Å²) in [5.41, 5.74) is 2.15. The van der Waals surface area contributed by atoms with Gasteiger partial charge in [0.1, 0.15) is 0 Å². The number of benzene rings is 1. The summed E-state index contributed by atoms with van der Waals surface area (Å²) in [5.74, 6) is 1.59. The smallest absolute Gasteiger partial charge is 0.224 e. The Morgan fingerprint density at radius 2 is 2.05 bits per heavy atom. The number of rotatable bonds is 7. The summed E-state index contributed by atoms with van der Waals surface area (Å²) < 4.78 is 0. The zero-order valence-corrected chi connectivity index (χ0v) is 13.5. The third-order valence-corrected chi connectivity index (χ3v) is 4.58. The highest BCUT2D eigenvalue weighted by Gasteiger charge is 2.14. The first-order valence-electron chi connectivity index (χ1n) is 8.22. The fourth-order valence-corrected chi connectivity index (χ4v) is 3.24. The quantitative estimate of drug-likeness (QED) is 0.693. The molecule has 0 heterocycles. The van der Waals surface area contributed by atoms with Crippen LogP contribution in [0.3, 0.4) is 0 Å². The maximum Gasteiger partial charge on any atom is 0.224 e. The minimum atomic E-state index is 0.148. The minimum Gasteiger partial charge on any atom is -0.326 e. The summed E-state index contributed by atoms with van der Waals surface area (Å²) in [4.78, 5) is 12.0. The molecule has 1 aliphatic rings. The van der Waals surface area contributed by atoms with Gasteiger partial charge in [0.05, 0.1) is 0 Å². The Bertz CT molecular complexity index is 441. The maximum atomic E-state index is 12.0. The van der Waals surface area contributed by atoms with Crippen LogP contribution in [-0.2, 0) is 11.2 Å². The van der Waals surface area contributed by atoms with Crippen LogP contribution in [0.4, 0.5) is 5.69 Å². The van der Waals surface area contributed by atoms with E-state index in [4.69, 9.17) is 11.6 Å². The van der Waals surface area contributed by atoms with E-state index in [0.29, 0.717) is 12.3 Å². The number of alkyl halides is 1. The predicted molar refractivity (Wildman–Crippen MR) is 89.9 cm³/mol. The van der Waals surface area contributed by atoms with Gasteiger partial charge in [-0.25, -0.2) is 0 Å². The number of aryl methyl sites for hydroxylation is 1. The summed E-state index contributed by atoms with van der Waals surface area (Å²) in [6, 6.07) is 8.11. The van der Waals surface area contributed by atoms with Gasteiger partial charge in [0, 0.05) is 18.0 Å². The second-order valence-electron chi connectivity index (χ2n) is 6.08. The SMILES string of the molecule is O=C(CCC1CCCCC1)Nc1cccc(CCCCl)c1. The molecular formula is C18H26ClNO. The molecule has 1 aliphatic carbocycles. The molecule has 21 heavy (non-hydrogen) atoms. The number of anilines is 1. The van der Waals surface area contributed by atoms with Crippen LogP contribution >= 0.6 is 11.6 Å². The van der Waals surface area contributed by atoms with Gasteiger partial charge >= 0.3 is 0 Å². The average Bonchev–Trinajstić information content (AvgIpc) is 2.52. The zero-order chi connectivity index (χ0) is 14.9. The molecule has 0 bridgehead atoms. The van der Waals surface area contributed by atoms with Crippen LogP contribution in [-0.4, -0.2) is 11.8 Å². The van der Waals surface area contributed by atoms with Crippen molar-refractivity contribution in [1.29, 1.82) is 0 Å². The van der Waals surface area contributed by atoms with Crippen molar-refractivity contribution >= 4 is 23.2 Å². The lowest BCUT2D eigenvalue weighted by Gasteiger charge is -2.21. The van der Waals surface area contributed by atoms with Crippen LogP contribution in [0, 0.1) is 5.92 Å². The van der Waals surface area contributed by atoms with Crippen LogP contribution < -0.4 is 5.32 Å². The summed E-state index contributed by atoms with van der Waals surface area (Å²) in [7, 11) is 0. The highest BCUT2D eigenvalue weighted by atomic mass is 35.5. The summed E-state index contributed by atoms with van der Waals surface area (Å²) >= 11 is 5.72. The van der Waals surface area contributed by atoms with Gasteiger partial charge in [-0.1, -0.05) is 44.2 Å².